The van der Waals surface area contributed by atoms with Crippen molar-refractivity contribution in [2.45, 2.75) is 30.5 Å². The summed E-state index contributed by atoms with van der Waals surface area (Å²) in [4.78, 5) is 9.70. The zero-order valence-corrected chi connectivity index (χ0v) is 12.9. The molecule has 1 amide bonds. The van der Waals surface area contributed by atoms with Crippen LogP contribution in [0.25, 0.3) is 0 Å². The number of carbonyl (C=O) groups excluding carboxylic acids is 1. The molecule has 0 aliphatic carbocycles. The highest BCUT2D eigenvalue weighted by Crippen LogP contribution is 2.21. The lowest BCUT2D eigenvalue weighted by atomic mass is 10.0. The van der Waals surface area contributed by atoms with Crippen molar-refractivity contribution in [1.29, 1.82) is 0 Å². The number of carbonyl (C=O) groups is 1. The predicted molar refractivity (Wildman–Crippen MR) is 74.8 cm³/mol. The lowest BCUT2D eigenvalue weighted by Crippen LogP contribution is -2.23. The molecule has 0 saturated carbocycles. The van der Waals surface area contributed by atoms with Gasteiger partial charge in [-0.3, -0.25) is 4.79 Å². The molecule has 1 aliphatic rings. The third-order valence-electron chi connectivity index (χ3n) is 2.72. The van der Waals surface area contributed by atoms with Gasteiger partial charge in [-0.25, -0.2) is 8.42 Å². The summed E-state index contributed by atoms with van der Waals surface area (Å²) >= 11 is 0. The van der Waals surface area contributed by atoms with E-state index >= 15 is 0 Å². The van der Waals surface area contributed by atoms with Gasteiger partial charge in [0.05, 0.1) is 4.90 Å². The van der Waals surface area contributed by atoms with Crippen molar-refractivity contribution >= 4 is 25.6 Å². The number of primary amides is 1. The highest BCUT2D eigenvalue weighted by atomic mass is 35.7. The fourth-order valence-corrected chi connectivity index (χ4v) is 2.61. The fraction of sp³-hybridized carbons (Fsp3) is 0.417. The molecule has 0 unspecified atom stereocenters. The maximum absolute atomic E-state index is 11.1. The molecule has 1 heterocycles. The van der Waals surface area contributed by atoms with Crippen LogP contribution in [-0.2, 0) is 26.8 Å². The van der Waals surface area contributed by atoms with Crippen molar-refractivity contribution in [2.75, 3.05) is 6.54 Å². The molecule has 3 N–H and O–H groups in total. The monoisotopic (exact) mass is 358 g/mol. The Labute approximate surface area is 130 Å². The van der Waals surface area contributed by atoms with Crippen LogP contribution in [-0.4, -0.2) is 27.0 Å². The molecule has 10 heteroatoms. The number of rotatable bonds is 2. The number of benzene rings is 1. The van der Waals surface area contributed by atoms with Crippen LogP contribution in [0.4, 0.5) is 13.2 Å². The summed E-state index contributed by atoms with van der Waals surface area (Å²) in [5.74, 6) is -1.35. The van der Waals surface area contributed by atoms with E-state index in [1.165, 1.54) is 5.56 Å². The third kappa shape index (κ3) is 6.63. The summed E-state index contributed by atoms with van der Waals surface area (Å²) in [7, 11) is 1.66. The van der Waals surface area contributed by atoms with Crippen LogP contribution in [0.15, 0.2) is 23.1 Å². The van der Waals surface area contributed by atoms with Gasteiger partial charge in [0, 0.05) is 17.2 Å². The number of hydrogen-bond acceptors (Lipinski definition) is 4. The van der Waals surface area contributed by atoms with E-state index in [4.69, 9.17) is 10.7 Å². The van der Waals surface area contributed by atoms with E-state index in [-0.39, 0.29) is 4.90 Å². The van der Waals surface area contributed by atoms with Crippen LogP contribution in [0.3, 0.4) is 0 Å². The highest BCUT2D eigenvalue weighted by molar-refractivity contribution is 8.13. The average Bonchev–Trinajstić information content (AvgIpc) is 2.35. The summed E-state index contributed by atoms with van der Waals surface area (Å²) in [6.45, 7) is 1.66. The maximum atomic E-state index is 11.1. The van der Waals surface area contributed by atoms with Crippen molar-refractivity contribution in [2.24, 2.45) is 5.73 Å². The molecular formula is C12H14ClF3N2O3S. The first kappa shape index (κ1) is 18.7. The van der Waals surface area contributed by atoms with Crippen LogP contribution in [0.2, 0.25) is 0 Å². The molecule has 0 atom stereocenters. The normalized spacial score (nSPS) is 14.5. The Hall–Kier alpha value is -1.32. The number of halogens is 4. The van der Waals surface area contributed by atoms with Gasteiger partial charge in [0.2, 0.25) is 5.91 Å². The van der Waals surface area contributed by atoms with Crippen molar-refractivity contribution in [3.05, 3.63) is 29.3 Å². The van der Waals surface area contributed by atoms with E-state index in [9.17, 15) is 26.4 Å². The minimum Gasteiger partial charge on any atom is -0.369 e. The summed E-state index contributed by atoms with van der Waals surface area (Å²) < 4.78 is 55.1. The molecule has 0 fully saturated rings. The van der Waals surface area contributed by atoms with E-state index in [0.717, 1.165) is 25.1 Å². The molecule has 22 heavy (non-hydrogen) atoms. The summed E-state index contributed by atoms with van der Waals surface area (Å²) in [5.41, 5.74) is 6.45. The number of fused-ring (bicyclic) bond motifs is 1. The Morgan fingerprint density at radius 2 is 1.95 bits per heavy atom. The lowest BCUT2D eigenvalue weighted by Gasteiger charge is -2.17. The Morgan fingerprint density at radius 3 is 2.41 bits per heavy atom. The van der Waals surface area contributed by atoms with Gasteiger partial charge in [0.15, 0.2) is 0 Å². The standard InChI is InChI=1S/C9H10ClNO2S.C3H4F3NO/c10-14(12,13)9-2-1-7-3-4-11-6-8(7)5-9;4-3(5,6)1-2(7)8/h1-2,5,11H,3-4,6H2;1H2,(H2,7,8). The SMILES string of the molecule is NC(=O)CC(F)(F)F.O=S(=O)(Cl)c1ccc2c(c1)CNCC2. The number of alkyl halides is 3. The second-order valence-electron chi connectivity index (χ2n) is 4.55. The molecular weight excluding hydrogens is 345 g/mol. The largest absolute Gasteiger partial charge is 0.397 e. The van der Waals surface area contributed by atoms with E-state index < -0.39 is 27.6 Å². The second kappa shape index (κ2) is 7.30. The minimum atomic E-state index is -4.45. The Kier molecular flexibility index (Phi) is 6.21. The first-order chi connectivity index (χ1) is 9.99. The molecule has 0 radical (unpaired) electrons. The van der Waals surface area contributed by atoms with Crippen molar-refractivity contribution < 1.29 is 26.4 Å². The maximum Gasteiger partial charge on any atom is 0.397 e. The predicted octanol–water partition coefficient (Wildman–Crippen LogP) is 1.68. The van der Waals surface area contributed by atoms with Crippen LogP contribution in [0, 0.1) is 0 Å². The molecule has 124 valence electrons. The highest BCUT2D eigenvalue weighted by Gasteiger charge is 2.29. The van der Waals surface area contributed by atoms with Crippen LogP contribution in [0.1, 0.15) is 17.5 Å². The second-order valence-corrected chi connectivity index (χ2v) is 7.12. The Balaban J connectivity index is 0.000000261. The summed E-state index contributed by atoms with van der Waals surface area (Å²) in [6.07, 6.45) is -5.04. The molecule has 1 aromatic rings. The van der Waals surface area contributed by atoms with E-state index in [2.05, 4.69) is 11.1 Å². The quantitative estimate of drug-likeness (QED) is 0.787. The van der Waals surface area contributed by atoms with Gasteiger partial charge in [-0.05, 0) is 36.2 Å². The van der Waals surface area contributed by atoms with E-state index in [1.54, 1.807) is 12.1 Å². The van der Waals surface area contributed by atoms with Gasteiger partial charge >= 0.3 is 6.18 Å². The molecule has 5 nitrogen and oxygen atoms in total. The molecule has 0 aromatic heterocycles. The van der Waals surface area contributed by atoms with Gasteiger partial charge in [-0.1, -0.05) is 6.07 Å². The van der Waals surface area contributed by atoms with Gasteiger partial charge in [-0.15, -0.1) is 0 Å². The molecule has 0 bridgehead atoms. The smallest absolute Gasteiger partial charge is 0.369 e. The van der Waals surface area contributed by atoms with E-state index in [0.29, 0.717) is 0 Å². The molecule has 1 aliphatic heterocycles. The topological polar surface area (TPSA) is 89.3 Å². The van der Waals surface area contributed by atoms with Crippen molar-refractivity contribution in [3.63, 3.8) is 0 Å². The molecule has 2 rings (SSSR count). The molecule has 0 spiro atoms. The van der Waals surface area contributed by atoms with E-state index in [1.807, 2.05) is 6.07 Å². The Morgan fingerprint density at radius 1 is 1.32 bits per heavy atom. The Bertz CT molecular complexity index is 648. The number of nitrogens with one attached hydrogen (secondary N) is 1. The summed E-state index contributed by atoms with van der Waals surface area (Å²) in [5, 5.41) is 3.18. The average molecular weight is 359 g/mol. The van der Waals surface area contributed by atoms with Crippen LogP contribution in [0.5, 0.6) is 0 Å². The first-order valence-corrected chi connectivity index (χ1v) is 8.42. The fourth-order valence-electron chi connectivity index (χ4n) is 1.81. The third-order valence-corrected chi connectivity index (χ3v) is 4.07. The number of nitrogens with two attached hydrogens (primary N) is 1. The van der Waals surface area contributed by atoms with Crippen LogP contribution >= 0.6 is 10.7 Å². The molecule has 1 aromatic carbocycles. The summed E-state index contributed by atoms with van der Waals surface area (Å²) in [6, 6.07) is 5.04. The lowest BCUT2D eigenvalue weighted by molar-refractivity contribution is -0.151. The van der Waals surface area contributed by atoms with Gasteiger partial charge in [-0.2, -0.15) is 13.2 Å². The van der Waals surface area contributed by atoms with Gasteiger partial charge < -0.3 is 11.1 Å². The van der Waals surface area contributed by atoms with Crippen molar-refractivity contribution in [3.8, 4) is 0 Å². The minimum absolute atomic E-state index is 0.182. The van der Waals surface area contributed by atoms with Crippen LogP contribution < -0.4 is 11.1 Å². The number of hydrogen-bond donors (Lipinski definition) is 2. The zero-order valence-electron chi connectivity index (χ0n) is 11.3. The zero-order chi connectivity index (χ0) is 17.0. The van der Waals surface area contributed by atoms with Gasteiger partial charge in [0.1, 0.15) is 6.42 Å². The molecule has 0 saturated heterocycles. The van der Waals surface area contributed by atoms with Crippen molar-refractivity contribution in [1.82, 2.24) is 5.32 Å². The first-order valence-electron chi connectivity index (χ1n) is 6.11. The number of amides is 1. The van der Waals surface area contributed by atoms with Gasteiger partial charge in [0.25, 0.3) is 9.05 Å².